The first-order valence-corrected chi connectivity index (χ1v) is 5.00. The zero-order valence-electron chi connectivity index (χ0n) is 9.79. The summed E-state index contributed by atoms with van der Waals surface area (Å²) in [4.78, 5) is 22.8. The van der Waals surface area contributed by atoms with Crippen LogP contribution in [0.4, 0.5) is 0 Å². The van der Waals surface area contributed by atoms with Gasteiger partial charge in [-0.2, -0.15) is 0 Å². The van der Waals surface area contributed by atoms with Crippen molar-refractivity contribution in [3.63, 3.8) is 0 Å². The van der Waals surface area contributed by atoms with E-state index in [-0.39, 0.29) is 12.5 Å². The average Bonchev–Trinajstić information content (AvgIpc) is 2.26. The summed E-state index contributed by atoms with van der Waals surface area (Å²) in [5.41, 5.74) is 4.90. The predicted molar refractivity (Wildman–Crippen MR) is 57.1 cm³/mol. The van der Waals surface area contributed by atoms with Crippen LogP contribution in [-0.2, 0) is 14.3 Å². The lowest BCUT2D eigenvalue weighted by Gasteiger charge is -2.26. The molecule has 0 aliphatic rings. The summed E-state index contributed by atoms with van der Waals surface area (Å²) in [5, 5.41) is 2.58. The lowest BCUT2D eigenvalue weighted by molar-refractivity contribution is -0.145. The molecule has 0 saturated heterocycles. The molecule has 5 nitrogen and oxygen atoms in total. The molecule has 1 amide bonds. The summed E-state index contributed by atoms with van der Waals surface area (Å²) in [5.74, 6) is -0.677. The van der Waals surface area contributed by atoms with E-state index in [2.05, 4.69) is 10.1 Å². The fourth-order valence-electron chi connectivity index (χ4n) is 1.00. The Hall–Kier alpha value is -1.10. The topological polar surface area (TPSA) is 81.4 Å². The maximum Gasteiger partial charge on any atom is 0.328 e. The molecular formula is C10H20N2O3. The highest BCUT2D eigenvalue weighted by molar-refractivity contribution is 5.87. The molecule has 15 heavy (non-hydrogen) atoms. The molecule has 0 aliphatic carbocycles. The number of esters is 1. The molecule has 2 atom stereocenters. The Balaban J connectivity index is 4.42. The normalized spacial score (nSPS) is 16.3. The van der Waals surface area contributed by atoms with Crippen molar-refractivity contribution in [2.24, 2.45) is 11.1 Å². The molecule has 0 spiro atoms. The summed E-state index contributed by atoms with van der Waals surface area (Å²) >= 11 is 0. The van der Waals surface area contributed by atoms with Crippen LogP contribution >= 0.6 is 0 Å². The van der Waals surface area contributed by atoms with Crippen LogP contribution in [0.3, 0.4) is 0 Å². The van der Waals surface area contributed by atoms with Gasteiger partial charge in [0.1, 0.15) is 6.04 Å². The van der Waals surface area contributed by atoms with Crippen molar-refractivity contribution in [1.82, 2.24) is 5.32 Å². The number of carbonyl (C=O) groups excluding carboxylic acids is 2. The molecule has 1 unspecified atom stereocenters. The van der Waals surface area contributed by atoms with Crippen molar-refractivity contribution in [2.75, 3.05) is 13.7 Å². The molecule has 5 heteroatoms. The van der Waals surface area contributed by atoms with Gasteiger partial charge in [-0.25, -0.2) is 4.79 Å². The Morgan fingerprint density at radius 2 is 2.07 bits per heavy atom. The van der Waals surface area contributed by atoms with Gasteiger partial charge >= 0.3 is 5.97 Å². The summed E-state index contributed by atoms with van der Waals surface area (Å²) in [6, 6.07) is -0.639. The van der Waals surface area contributed by atoms with E-state index < -0.39 is 17.4 Å². The van der Waals surface area contributed by atoms with Crippen molar-refractivity contribution < 1.29 is 14.3 Å². The Morgan fingerprint density at radius 1 is 1.53 bits per heavy atom. The molecular weight excluding hydrogens is 196 g/mol. The minimum atomic E-state index is -0.639. The van der Waals surface area contributed by atoms with Gasteiger partial charge in [0.15, 0.2) is 0 Å². The average molecular weight is 216 g/mol. The van der Waals surface area contributed by atoms with Gasteiger partial charge in [-0.05, 0) is 20.3 Å². The Labute approximate surface area is 90.4 Å². The zero-order chi connectivity index (χ0) is 12.1. The molecule has 0 aromatic rings. The molecule has 0 rings (SSSR count). The maximum atomic E-state index is 11.8. The first-order chi connectivity index (χ1) is 6.91. The summed E-state index contributed by atoms with van der Waals surface area (Å²) in [6.45, 7) is 5.49. The Bertz CT molecular complexity index is 237. The van der Waals surface area contributed by atoms with Crippen LogP contribution in [0.1, 0.15) is 27.2 Å². The van der Waals surface area contributed by atoms with Crippen LogP contribution in [0.5, 0.6) is 0 Å². The van der Waals surface area contributed by atoms with Gasteiger partial charge in [-0.3, -0.25) is 4.79 Å². The predicted octanol–water partition coefficient (Wildman–Crippen LogP) is 0.0391. The van der Waals surface area contributed by atoms with Crippen LogP contribution < -0.4 is 11.1 Å². The van der Waals surface area contributed by atoms with Gasteiger partial charge in [-0.1, -0.05) is 6.92 Å². The molecule has 88 valence electrons. The van der Waals surface area contributed by atoms with Crippen LogP contribution in [-0.4, -0.2) is 31.6 Å². The van der Waals surface area contributed by atoms with E-state index in [0.717, 1.165) is 0 Å². The second-order valence-electron chi connectivity index (χ2n) is 3.84. The number of carbonyl (C=O) groups is 2. The summed E-state index contributed by atoms with van der Waals surface area (Å²) in [6.07, 6.45) is 0.628. The first kappa shape index (κ1) is 13.9. The van der Waals surface area contributed by atoms with Gasteiger partial charge in [0.05, 0.1) is 12.5 Å². The molecule has 0 bridgehead atoms. The Kier molecular flexibility index (Phi) is 5.28. The fraction of sp³-hybridized carbons (Fsp3) is 0.800. The molecule has 0 aliphatic heterocycles. The highest BCUT2D eigenvalue weighted by Crippen LogP contribution is 2.19. The quantitative estimate of drug-likeness (QED) is 0.636. The lowest BCUT2D eigenvalue weighted by Crippen LogP contribution is -2.49. The van der Waals surface area contributed by atoms with E-state index in [0.29, 0.717) is 6.42 Å². The van der Waals surface area contributed by atoms with Gasteiger partial charge in [-0.15, -0.1) is 0 Å². The third-order valence-electron chi connectivity index (χ3n) is 2.68. The Morgan fingerprint density at radius 3 is 2.40 bits per heavy atom. The highest BCUT2D eigenvalue weighted by Gasteiger charge is 2.31. The zero-order valence-corrected chi connectivity index (χ0v) is 9.79. The second-order valence-corrected chi connectivity index (χ2v) is 3.84. The number of hydrogen-bond acceptors (Lipinski definition) is 4. The first-order valence-electron chi connectivity index (χ1n) is 5.00. The van der Waals surface area contributed by atoms with E-state index in [1.54, 1.807) is 13.8 Å². The SMILES string of the molecule is CCC(C)(CN)C(=O)N[C@@H](C)C(=O)OC. The highest BCUT2D eigenvalue weighted by atomic mass is 16.5. The van der Waals surface area contributed by atoms with Crippen LogP contribution in [0.15, 0.2) is 0 Å². The summed E-state index contributed by atoms with van der Waals surface area (Å²) < 4.78 is 4.51. The van der Waals surface area contributed by atoms with E-state index in [9.17, 15) is 9.59 Å². The van der Waals surface area contributed by atoms with Gasteiger partial charge in [0.2, 0.25) is 5.91 Å². The smallest absolute Gasteiger partial charge is 0.328 e. The summed E-state index contributed by atoms with van der Waals surface area (Å²) in [7, 11) is 1.28. The molecule has 0 saturated carbocycles. The maximum absolute atomic E-state index is 11.8. The van der Waals surface area contributed by atoms with Crippen LogP contribution in [0.2, 0.25) is 0 Å². The monoisotopic (exact) mass is 216 g/mol. The lowest BCUT2D eigenvalue weighted by atomic mass is 9.86. The number of rotatable bonds is 5. The van der Waals surface area contributed by atoms with E-state index in [1.165, 1.54) is 7.11 Å². The van der Waals surface area contributed by atoms with Crippen molar-refractivity contribution in [3.8, 4) is 0 Å². The largest absolute Gasteiger partial charge is 0.467 e. The van der Waals surface area contributed by atoms with Crippen molar-refractivity contribution in [2.45, 2.75) is 33.2 Å². The molecule has 3 N–H and O–H groups in total. The number of nitrogens with two attached hydrogens (primary N) is 1. The van der Waals surface area contributed by atoms with E-state index in [1.807, 2.05) is 6.92 Å². The number of nitrogens with one attached hydrogen (secondary N) is 1. The minimum absolute atomic E-state index is 0.217. The van der Waals surface area contributed by atoms with Crippen molar-refractivity contribution in [3.05, 3.63) is 0 Å². The van der Waals surface area contributed by atoms with Crippen LogP contribution in [0, 0.1) is 5.41 Å². The number of hydrogen-bond donors (Lipinski definition) is 2. The molecule has 0 fully saturated rings. The van der Waals surface area contributed by atoms with E-state index in [4.69, 9.17) is 5.73 Å². The molecule has 0 aromatic carbocycles. The van der Waals surface area contributed by atoms with Crippen molar-refractivity contribution in [1.29, 1.82) is 0 Å². The van der Waals surface area contributed by atoms with E-state index >= 15 is 0 Å². The minimum Gasteiger partial charge on any atom is -0.467 e. The second kappa shape index (κ2) is 5.70. The molecule has 0 radical (unpaired) electrons. The fourth-order valence-corrected chi connectivity index (χ4v) is 1.00. The van der Waals surface area contributed by atoms with Gasteiger partial charge < -0.3 is 15.8 Å². The van der Waals surface area contributed by atoms with Crippen molar-refractivity contribution >= 4 is 11.9 Å². The van der Waals surface area contributed by atoms with Crippen LogP contribution in [0.25, 0.3) is 0 Å². The number of ether oxygens (including phenoxy) is 1. The molecule has 0 aromatic heterocycles. The van der Waals surface area contributed by atoms with Gasteiger partial charge in [0, 0.05) is 6.54 Å². The standard InChI is InChI=1S/C10H20N2O3/c1-5-10(3,6-11)9(14)12-7(2)8(13)15-4/h7H,5-6,11H2,1-4H3,(H,12,14)/t7-,10?/m0/s1. The molecule has 0 heterocycles. The van der Waals surface area contributed by atoms with Gasteiger partial charge in [0.25, 0.3) is 0 Å². The third kappa shape index (κ3) is 3.51. The number of methoxy groups -OCH3 is 1. The number of amides is 1. The third-order valence-corrected chi connectivity index (χ3v) is 2.68.